The zero-order valence-corrected chi connectivity index (χ0v) is 11.1. The van der Waals surface area contributed by atoms with Crippen LogP contribution in [-0.4, -0.2) is 31.9 Å². The maximum Gasteiger partial charge on any atom is 0.311 e. The van der Waals surface area contributed by atoms with Crippen LogP contribution in [0.5, 0.6) is 5.75 Å². The molecule has 1 heterocycles. The van der Waals surface area contributed by atoms with Gasteiger partial charge in [-0.25, -0.2) is 0 Å². The zero-order chi connectivity index (χ0) is 14.7. The highest BCUT2D eigenvalue weighted by Crippen LogP contribution is 2.31. The molecule has 0 aliphatic heterocycles. The Kier molecular flexibility index (Phi) is 3.94. The smallest absolute Gasteiger partial charge is 0.311 e. The Balaban J connectivity index is 2.56. The second-order valence-electron chi connectivity index (χ2n) is 3.99. The molecule has 0 fully saturated rings. The Morgan fingerprint density at radius 2 is 2.20 bits per heavy atom. The van der Waals surface area contributed by atoms with Crippen LogP contribution >= 0.6 is 0 Å². The summed E-state index contributed by atoms with van der Waals surface area (Å²) in [6.45, 7) is 2.20. The lowest BCUT2D eigenvalue weighted by Crippen LogP contribution is -2.04. The molecule has 0 atom stereocenters. The van der Waals surface area contributed by atoms with Gasteiger partial charge in [-0.2, -0.15) is 0 Å². The lowest BCUT2D eigenvalue weighted by molar-refractivity contribution is -0.385. The molecule has 8 heteroatoms. The highest BCUT2D eigenvalue weighted by Gasteiger charge is 2.19. The van der Waals surface area contributed by atoms with Crippen LogP contribution in [0.15, 0.2) is 18.2 Å². The number of aliphatic hydroxyl groups excluding tert-OH is 1. The summed E-state index contributed by atoms with van der Waals surface area (Å²) in [5.74, 6) is 1.08. The fourth-order valence-electron chi connectivity index (χ4n) is 1.97. The van der Waals surface area contributed by atoms with Crippen molar-refractivity contribution < 1.29 is 14.8 Å². The Bertz CT molecular complexity index is 638. The van der Waals surface area contributed by atoms with Crippen LogP contribution < -0.4 is 4.74 Å². The summed E-state index contributed by atoms with van der Waals surface area (Å²) in [7, 11) is 1.38. The van der Waals surface area contributed by atoms with E-state index >= 15 is 0 Å². The van der Waals surface area contributed by atoms with E-state index in [-0.39, 0.29) is 18.0 Å². The minimum atomic E-state index is -0.512. The SMILES string of the molecule is CCn1c(CO)nnc1-c1ccc(OC)c([N+](=O)[O-])c1. The fourth-order valence-corrected chi connectivity index (χ4v) is 1.97. The van der Waals surface area contributed by atoms with Crippen molar-refractivity contribution in [2.45, 2.75) is 20.1 Å². The number of methoxy groups -OCH3 is 1. The molecule has 1 aromatic heterocycles. The van der Waals surface area contributed by atoms with Crippen LogP contribution in [0.1, 0.15) is 12.7 Å². The summed E-state index contributed by atoms with van der Waals surface area (Å²) in [6, 6.07) is 4.57. The predicted octanol–water partition coefficient (Wildman–Crippen LogP) is 1.37. The Morgan fingerprint density at radius 3 is 2.75 bits per heavy atom. The Labute approximate surface area is 114 Å². The van der Waals surface area contributed by atoms with E-state index in [0.29, 0.717) is 23.8 Å². The molecule has 0 spiro atoms. The summed E-state index contributed by atoms with van der Waals surface area (Å²) in [4.78, 5) is 10.5. The van der Waals surface area contributed by atoms with Gasteiger partial charge in [-0.15, -0.1) is 10.2 Å². The van der Waals surface area contributed by atoms with Crippen LogP contribution in [0.2, 0.25) is 0 Å². The second kappa shape index (κ2) is 5.66. The molecule has 106 valence electrons. The number of nitro benzene ring substituents is 1. The Morgan fingerprint density at radius 1 is 1.45 bits per heavy atom. The third-order valence-electron chi connectivity index (χ3n) is 2.92. The zero-order valence-electron chi connectivity index (χ0n) is 11.1. The molecule has 0 saturated heterocycles. The molecule has 0 aliphatic rings. The number of hydrogen-bond acceptors (Lipinski definition) is 6. The average Bonchev–Trinajstić information content (AvgIpc) is 2.89. The van der Waals surface area contributed by atoms with Crippen molar-refractivity contribution in [1.82, 2.24) is 14.8 Å². The number of aliphatic hydroxyl groups is 1. The van der Waals surface area contributed by atoms with Gasteiger partial charge in [-0.05, 0) is 19.1 Å². The topological polar surface area (TPSA) is 103 Å². The average molecular weight is 278 g/mol. The summed E-state index contributed by atoms with van der Waals surface area (Å²) in [5.41, 5.74) is 0.410. The van der Waals surface area contributed by atoms with Gasteiger partial charge >= 0.3 is 5.69 Å². The van der Waals surface area contributed by atoms with E-state index in [4.69, 9.17) is 4.74 Å². The van der Waals surface area contributed by atoms with Gasteiger partial charge in [-0.3, -0.25) is 10.1 Å². The third-order valence-corrected chi connectivity index (χ3v) is 2.92. The van der Waals surface area contributed by atoms with Crippen LogP contribution in [0.4, 0.5) is 5.69 Å². The first-order valence-electron chi connectivity index (χ1n) is 5.98. The van der Waals surface area contributed by atoms with Crippen LogP contribution in [-0.2, 0) is 13.2 Å². The standard InChI is InChI=1S/C12H14N4O4/c1-3-15-11(7-17)13-14-12(15)8-4-5-10(20-2)9(6-8)16(18)19/h4-6,17H,3,7H2,1-2H3. The van der Waals surface area contributed by atoms with Gasteiger partial charge in [0.25, 0.3) is 0 Å². The molecule has 2 aromatic rings. The van der Waals surface area contributed by atoms with Crippen LogP contribution in [0.3, 0.4) is 0 Å². The number of hydrogen-bond donors (Lipinski definition) is 1. The molecule has 0 saturated carbocycles. The summed E-state index contributed by atoms with van der Waals surface area (Å²) in [6.07, 6.45) is 0. The Hall–Kier alpha value is -2.48. The van der Waals surface area contributed by atoms with Gasteiger partial charge in [0.1, 0.15) is 6.61 Å². The molecule has 0 bridgehead atoms. The lowest BCUT2D eigenvalue weighted by Gasteiger charge is -2.07. The molecule has 0 radical (unpaired) electrons. The monoisotopic (exact) mass is 278 g/mol. The second-order valence-corrected chi connectivity index (χ2v) is 3.99. The number of nitro groups is 1. The highest BCUT2D eigenvalue weighted by molar-refractivity contribution is 5.64. The van der Waals surface area contributed by atoms with Crippen molar-refractivity contribution >= 4 is 5.69 Å². The van der Waals surface area contributed by atoms with Crippen molar-refractivity contribution in [3.8, 4) is 17.1 Å². The van der Waals surface area contributed by atoms with E-state index < -0.39 is 4.92 Å². The number of rotatable bonds is 5. The summed E-state index contributed by atoms with van der Waals surface area (Å²) < 4.78 is 6.66. The quantitative estimate of drug-likeness (QED) is 0.654. The van der Waals surface area contributed by atoms with Crippen molar-refractivity contribution in [1.29, 1.82) is 0 Å². The first kappa shape index (κ1) is 13.9. The van der Waals surface area contributed by atoms with Crippen molar-refractivity contribution in [2.75, 3.05) is 7.11 Å². The number of ether oxygens (including phenoxy) is 1. The first-order chi connectivity index (χ1) is 9.62. The van der Waals surface area contributed by atoms with Gasteiger partial charge in [-0.1, -0.05) is 0 Å². The minimum absolute atomic E-state index is 0.138. The molecule has 20 heavy (non-hydrogen) atoms. The highest BCUT2D eigenvalue weighted by atomic mass is 16.6. The molecular weight excluding hydrogens is 264 g/mol. The number of benzene rings is 1. The van der Waals surface area contributed by atoms with Gasteiger partial charge in [0.05, 0.1) is 12.0 Å². The third kappa shape index (κ3) is 2.32. The van der Waals surface area contributed by atoms with Crippen LogP contribution in [0.25, 0.3) is 11.4 Å². The largest absolute Gasteiger partial charge is 0.490 e. The van der Waals surface area contributed by atoms with E-state index in [1.54, 1.807) is 10.6 Å². The van der Waals surface area contributed by atoms with E-state index in [1.807, 2.05) is 6.92 Å². The molecular formula is C12H14N4O4. The maximum atomic E-state index is 11.0. The van der Waals surface area contributed by atoms with E-state index in [0.717, 1.165) is 0 Å². The van der Waals surface area contributed by atoms with Gasteiger partial charge < -0.3 is 14.4 Å². The molecule has 1 N–H and O–H groups in total. The van der Waals surface area contributed by atoms with Crippen molar-refractivity contribution in [3.63, 3.8) is 0 Å². The first-order valence-corrected chi connectivity index (χ1v) is 5.98. The molecule has 8 nitrogen and oxygen atoms in total. The van der Waals surface area contributed by atoms with E-state index in [1.165, 1.54) is 19.2 Å². The summed E-state index contributed by atoms with van der Waals surface area (Å²) in [5, 5.41) is 28.0. The summed E-state index contributed by atoms with van der Waals surface area (Å²) >= 11 is 0. The number of nitrogens with zero attached hydrogens (tertiary/aromatic N) is 4. The predicted molar refractivity (Wildman–Crippen MR) is 70.3 cm³/mol. The fraction of sp³-hybridized carbons (Fsp3) is 0.333. The van der Waals surface area contributed by atoms with E-state index in [2.05, 4.69) is 10.2 Å². The lowest BCUT2D eigenvalue weighted by atomic mass is 10.1. The molecule has 2 rings (SSSR count). The van der Waals surface area contributed by atoms with E-state index in [9.17, 15) is 15.2 Å². The van der Waals surface area contributed by atoms with Crippen LogP contribution in [0, 0.1) is 10.1 Å². The molecule has 0 amide bonds. The number of aromatic nitrogens is 3. The normalized spacial score (nSPS) is 10.6. The molecule has 1 aromatic carbocycles. The minimum Gasteiger partial charge on any atom is -0.490 e. The van der Waals surface area contributed by atoms with Gasteiger partial charge in [0, 0.05) is 18.2 Å². The van der Waals surface area contributed by atoms with Crippen molar-refractivity contribution in [3.05, 3.63) is 34.1 Å². The molecule has 0 unspecified atom stereocenters. The van der Waals surface area contributed by atoms with Gasteiger partial charge in [0.2, 0.25) is 0 Å². The molecule has 0 aliphatic carbocycles. The maximum absolute atomic E-state index is 11.0. The van der Waals surface area contributed by atoms with Crippen molar-refractivity contribution in [2.24, 2.45) is 0 Å². The van der Waals surface area contributed by atoms with Gasteiger partial charge in [0.15, 0.2) is 17.4 Å².